The van der Waals surface area contributed by atoms with Gasteiger partial charge in [-0.3, -0.25) is 4.79 Å². The number of amides is 1. The molecule has 0 saturated heterocycles. The first-order valence-corrected chi connectivity index (χ1v) is 10.0. The third kappa shape index (κ3) is 5.90. The number of hydrogen-bond acceptors (Lipinski definition) is 3. The molecule has 0 heterocycles. The van der Waals surface area contributed by atoms with Crippen LogP contribution in [0.5, 0.6) is 5.75 Å². The van der Waals surface area contributed by atoms with Crippen molar-refractivity contribution < 1.29 is 9.53 Å². The van der Waals surface area contributed by atoms with Crippen molar-refractivity contribution in [1.82, 2.24) is 0 Å². The largest absolute Gasteiger partial charge is 0.494 e. The first kappa shape index (κ1) is 19.1. The third-order valence-corrected chi connectivity index (χ3v) is 5.03. The van der Waals surface area contributed by atoms with E-state index in [0.717, 1.165) is 23.6 Å². The van der Waals surface area contributed by atoms with Crippen LogP contribution in [0.1, 0.15) is 29.3 Å². The summed E-state index contributed by atoms with van der Waals surface area (Å²) < 4.78 is 5.54. The number of ether oxygens (including phenoxy) is 1. The van der Waals surface area contributed by atoms with Crippen molar-refractivity contribution in [2.45, 2.75) is 24.0 Å². The number of thioether (sulfide) groups is 1. The molecule has 138 valence electrons. The van der Waals surface area contributed by atoms with Gasteiger partial charge in [-0.05, 0) is 60.5 Å². The highest BCUT2D eigenvalue weighted by Gasteiger charge is 2.06. The Morgan fingerprint density at radius 1 is 0.926 bits per heavy atom. The summed E-state index contributed by atoms with van der Waals surface area (Å²) in [6, 6.07) is 25.5. The Morgan fingerprint density at radius 2 is 1.63 bits per heavy atom. The average Bonchev–Trinajstić information content (AvgIpc) is 2.73. The van der Waals surface area contributed by atoms with Crippen molar-refractivity contribution in [3.05, 3.63) is 90.0 Å². The number of anilines is 1. The first-order valence-electron chi connectivity index (χ1n) is 9.05. The summed E-state index contributed by atoms with van der Waals surface area (Å²) in [6.07, 6.45) is 0.960. The van der Waals surface area contributed by atoms with E-state index in [-0.39, 0.29) is 5.91 Å². The summed E-state index contributed by atoms with van der Waals surface area (Å²) in [5.74, 6) is 1.56. The van der Waals surface area contributed by atoms with E-state index in [1.165, 1.54) is 10.5 Å². The minimum absolute atomic E-state index is 0.122. The lowest BCUT2D eigenvalue weighted by atomic mass is 10.2. The molecule has 0 atom stereocenters. The van der Waals surface area contributed by atoms with Gasteiger partial charge in [0.25, 0.3) is 5.91 Å². The average molecular weight is 378 g/mol. The molecular formula is C23H23NO2S. The Hall–Kier alpha value is -2.72. The molecule has 0 aliphatic heterocycles. The van der Waals surface area contributed by atoms with Gasteiger partial charge < -0.3 is 10.1 Å². The van der Waals surface area contributed by atoms with E-state index < -0.39 is 0 Å². The quantitative estimate of drug-likeness (QED) is 0.488. The molecule has 27 heavy (non-hydrogen) atoms. The van der Waals surface area contributed by atoms with Crippen LogP contribution in [0.4, 0.5) is 5.69 Å². The molecule has 0 bridgehead atoms. The summed E-state index contributed by atoms with van der Waals surface area (Å²) in [4.78, 5) is 13.6. The molecule has 3 rings (SSSR count). The monoisotopic (exact) mass is 377 g/mol. The van der Waals surface area contributed by atoms with Crippen LogP contribution in [0.25, 0.3) is 0 Å². The van der Waals surface area contributed by atoms with Crippen molar-refractivity contribution >= 4 is 23.4 Å². The van der Waals surface area contributed by atoms with E-state index in [1.807, 2.05) is 54.6 Å². The van der Waals surface area contributed by atoms with Crippen LogP contribution in [0.3, 0.4) is 0 Å². The van der Waals surface area contributed by atoms with Crippen LogP contribution in [0, 0.1) is 0 Å². The fourth-order valence-corrected chi connectivity index (χ4v) is 3.37. The Morgan fingerprint density at radius 3 is 2.30 bits per heavy atom. The maximum absolute atomic E-state index is 12.4. The maximum Gasteiger partial charge on any atom is 0.255 e. The molecule has 3 aromatic carbocycles. The Labute approximate surface area is 164 Å². The lowest BCUT2D eigenvalue weighted by Crippen LogP contribution is -2.11. The molecule has 4 heteroatoms. The van der Waals surface area contributed by atoms with E-state index in [4.69, 9.17) is 4.74 Å². The molecule has 3 aromatic rings. The van der Waals surface area contributed by atoms with E-state index in [9.17, 15) is 4.79 Å². The molecule has 0 aromatic heterocycles. The van der Waals surface area contributed by atoms with Crippen molar-refractivity contribution in [3.8, 4) is 5.75 Å². The van der Waals surface area contributed by atoms with Gasteiger partial charge in [-0.25, -0.2) is 0 Å². The van der Waals surface area contributed by atoms with E-state index in [2.05, 4.69) is 24.4 Å². The predicted molar refractivity (Wildman–Crippen MR) is 113 cm³/mol. The van der Waals surface area contributed by atoms with E-state index in [0.29, 0.717) is 12.2 Å². The summed E-state index contributed by atoms with van der Waals surface area (Å²) in [5, 5.41) is 2.94. The minimum Gasteiger partial charge on any atom is -0.494 e. The zero-order valence-corrected chi connectivity index (χ0v) is 16.2. The van der Waals surface area contributed by atoms with Gasteiger partial charge in [-0.15, -0.1) is 11.8 Å². The minimum atomic E-state index is -0.122. The third-order valence-electron chi connectivity index (χ3n) is 3.95. The number of carbonyl (C=O) groups is 1. The van der Waals surface area contributed by atoms with E-state index >= 15 is 0 Å². The van der Waals surface area contributed by atoms with Crippen molar-refractivity contribution in [3.63, 3.8) is 0 Å². The normalized spacial score (nSPS) is 10.4. The summed E-state index contributed by atoms with van der Waals surface area (Å²) >= 11 is 1.80. The second-order valence-electron chi connectivity index (χ2n) is 6.13. The molecule has 0 saturated carbocycles. The molecule has 0 aliphatic carbocycles. The van der Waals surface area contributed by atoms with Crippen molar-refractivity contribution in [2.24, 2.45) is 0 Å². The number of carbonyl (C=O) groups excluding carboxylic acids is 1. The van der Waals surface area contributed by atoms with Gasteiger partial charge >= 0.3 is 0 Å². The zero-order chi connectivity index (χ0) is 18.9. The van der Waals surface area contributed by atoms with Crippen LogP contribution >= 0.6 is 11.8 Å². The van der Waals surface area contributed by atoms with Gasteiger partial charge in [-0.1, -0.05) is 37.3 Å². The molecule has 0 fully saturated rings. The first-order chi connectivity index (χ1) is 13.2. The van der Waals surface area contributed by atoms with Crippen LogP contribution in [-0.2, 0) is 5.75 Å². The molecule has 0 radical (unpaired) electrons. The highest BCUT2D eigenvalue weighted by molar-refractivity contribution is 7.98. The van der Waals surface area contributed by atoms with Gasteiger partial charge in [0.1, 0.15) is 5.75 Å². The lowest BCUT2D eigenvalue weighted by Gasteiger charge is -2.08. The second kappa shape index (κ2) is 9.83. The number of nitrogens with one attached hydrogen (secondary N) is 1. The van der Waals surface area contributed by atoms with Gasteiger partial charge in [0.15, 0.2) is 0 Å². The topological polar surface area (TPSA) is 38.3 Å². The summed E-state index contributed by atoms with van der Waals surface area (Å²) in [7, 11) is 0. The van der Waals surface area contributed by atoms with Crippen LogP contribution in [0.2, 0.25) is 0 Å². The van der Waals surface area contributed by atoms with Crippen molar-refractivity contribution in [1.29, 1.82) is 0 Å². The summed E-state index contributed by atoms with van der Waals surface area (Å²) in [6.45, 7) is 2.74. The molecule has 1 N–H and O–H groups in total. The van der Waals surface area contributed by atoms with Gasteiger partial charge in [0.05, 0.1) is 6.61 Å². The molecular weight excluding hydrogens is 354 g/mol. The molecule has 1 amide bonds. The van der Waals surface area contributed by atoms with Gasteiger partial charge in [0.2, 0.25) is 0 Å². The smallest absolute Gasteiger partial charge is 0.255 e. The second-order valence-corrected chi connectivity index (χ2v) is 7.17. The highest BCUT2D eigenvalue weighted by Crippen LogP contribution is 2.23. The van der Waals surface area contributed by atoms with Gasteiger partial charge in [-0.2, -0.15) is 0 Å². The van der Waals surface area contributed by atoms with E-state index in [1.54, 1.807) is 23.9 Å². The fraction of sp³-hybridized carbons (Fsp3) is 0.174. The summed E-state index contributed by atoms with van der Waals surface area (Å²) in [5.41, 5.74) is 2.63. The number of benzene rings is 3. The van der Waals surface area contributed by atoms with Gasteiger partial charge in [0, 0.05) is 21.9 Å². The predicted octanol–water partition coefficient (Wildman–Crippen LogP) is 6.02. The lowest BCUT2D eigenvalue weighted by molar-refractivity contribution is 0.102. The zero-order valence-electron chi connectivity index (χ0n) is 15.4. The molecule has 0 unspecified atom stereocenters. The van der Waals surface area contributed by atoms with Crippen LogP contribution < -0.4 is 10.1 Å². The highest BCUT2D eigenvalue weighted by atomic mass is 32.2. The standard InChI is InChI=1S/C23H23NO2S/c1-2-16-26-21-14-10-19(11-15-21)23(25)24-20-12-8-18(9-13-20)17-27-22-6-4-3-5-7-22/h3-15H,2,16-17H2,1H3,(H,24,25). The SMILES string of the molecule is CCCOc1ccc(C(=O)Nc2ccc(CSc3ccccc3)cc2)cc1. The maximum atomic E-state index is 12.4. The van der Waals surface area contributed by atoms with Crippen LogP contribution in [0.15, 0.2) is 83.8 Å². The fourth-order valence-electron chi connectivity index (χ4n) is 2.49. The van der Waals surface area contributed by atoms with Crippen molar-refractivity contribution in [2.75, 3.05) is 11.9 Å². The molecule has 3 nitrogen and oxygen atoms in total. The molecule has 0 aliphatic rings. The Balaban J connectivity index is 1.53. The molecule has 0 spiro atoms. The Kier molecular flexibility index (Phi) is 6.94. The van der Waals surface area contributed by atoms with Crippen LogP contribution in [-0.4, -0.2) is 12.5 Å². The number of hydrogen-bond donors (Lipinski definition) is 1. The Bertz CT molecular complexity index is 846. The number of rotatable bonds is 8.